The summed E-state index contributed by atoms with van der Waals surface area (Å²) in [5.41, 5.74) is 1.25. The van der Waals surface area contributed by atoms with E-state index < -0.39 is 0 Å². The number of aliphatic imine (C=N–C) groups is 1. The Morgan fingerprint density at radius 2 is 2.16 bits per heavy atom. The molecule has 5 nitrogen and oxygen atoms in total. The van der Waals surface area contributed by atoms with Crippen molar-refractivity contribution in [3.05, 3.63) is 52.9 Å². The van der Waals surface area contributed by atoms with Gasteiger partial charge in [-0.3, -0.25) is 0 Å². The third-order valence-corrected chi connectivity index (χ3v) is 4.71. The van der Waals surface area contributed by atoms with Gasteiger partial charge in [-0.25, -0.2) is 4.99 Å². The summed E-state index contributed by atoms with van der Waals surface area (Å²) in [6.07, 6.45) is 2.77. The Balaban J connectivity index is 0.00000225. The number of rotatable bonds is 5. The number of guanidine groups is 1. The molecule has 1 saturated heterocycles. The van der Waals surface area contributed by atoms with Gasteiger partial charge in [-0.15, -0.1) is 24.0 Å². The van der Waals surface area contributed by atoms with Crippen molar-refractivity contribution in [2.24, 2.45) is 4.99 Å². The smallest absolute Gasteiger partial charge is 0.191 e. The fraction of sp³-hybridized carbons (Fsp3) is 0.389. The van der Waals surface area contributed by atoms with Crippen LogP contribution in [0, 0.1) is 0 Å². The van der Waals surface area contributed by atoms with Gasteiger partial charge < -0.3 is 20.0 Å². The largest absolute Gasteiger partial charge is 0.467 e. The summed E-state index contributed by atoms with van der Waals surface area (Å²) < 4.78 is 6.49. The summed E-state index contributed by atoms with van der Waals surface area (Å²) in [5, 5.41) is 6.85. The van der Waals surface area contributed by atoms with Crippen LogP contribution in [0.2, 0.25) is 0 Å². The number of nitrogens with one attached hydrogen (secondary N) is 2. The number of halogens is 2. The fourth-order valence-electron chi connectivity index (χ4n) is 2.88. The van der Waals surface area contributed by atoms with Crippen LogP contribution in [0.25, 0.3) is 0 Å². The van der Waals surface area contributed by atoms with Crippen LogP contribution in [0.4, 0.5) is 5.69 Å². The molecule has 1 aliphatic heterocycles. The molecule has 0 aliphatic carbocycles. The van der Waals surface area contributed by atoms with Gasteiger partial charge in [0.05, 0.1) is 12.0 Å². The van der Waals surface area contributed by atoms with Crippen LogP contribution in [-0.2, 0) is 6.54 Å². The topological polar surface area (TPSA) is 52.8 Å². The minimum Gasteiger partial charge on any atom is -0.467 e. The average Bonchev–Trinajstić information content (AvgIpc) is 3.25. The van der Waals surface area contributed by atoms with Crippen LogP contribution in [0.3, 0.4) is 0 Å². The van der Waals surface area contributed by atoms with Gasteiger partial charge in [0.15, 0.2) is 5.96 Å². The highest BCUT2D eigenvalue weighted by atomic mass is 127. The first-order valence-electron chi connectivity index (χ1n) is 8.33. The van der Waals surface area contributed by atoms with Crippen molar-refractivity contribution in [2.75, 3.05) is 24.5 Å². The van der Waals surface area contributed by atoms with Crippen molar-refractivity contribution < 1.29 is 4.42 Å². The van der Waals surface area contributed by atoms with E-state index in [1.807, 2.05) is 18.2 Å². The summed E-state index contributed by atoms with van der Waals surface area (Å²) in [5.74, 6) is 1.71. The molecule has 136 valence electrons. The first-order chi connectivity index (χ1) is 11.8. The highest BCUT2D eigenvalue weighted by Crippen LogP contribution is 2.28. The standard InChI is InChI=1S/C18H23BrN4O.HI/c1-2-20-18(21-12-15-6-5-11-24-15)22-14-9-10-23(13-14)17-8-4-3-7-16(17)19;/h3-8,11,14H,2,9-10,12-13H2,1H3,(H2,20,21,22);1H. The van der Waals surface area contributed by atoms with Gasteiger partial charge in [0.2, 0.25) is 0 Å². The Labute approximate surface area is 174 Å². The molecule has 1 aliphatic rings. The minimum absolute atomic E-state index is 0. The Morgan fingerprint density at radius 1 is 1.32 bits per heavy atom. The Kier molecular flexibility index (Phi) is 8.08. The summed E-state index contributed by atoms with van der Waals surface area (Å²) in [4.78, 5) is 7.01. The zero-order valence-corrected chi connectivity index (χ0v) is 18.2. The predicted octanol–water partition coefficient (Wildman–Crippen LogP) is 3.99. The number of para-hydroxylation sites is 1. The number of hydrogen-bond donors (Lipinski definition) is 2. The molecule has 1 atom stereocenters. The zero-order valence-electron chi connectivity index (χ0n) is 14.2. The van der Waals surface area contributed by atoms with E-state index in [9.17, 15) is 0 Å². The monoisotopic (exact) mass is 518 g/mol. The van der Waals surface area contributed by atoms with E-state index in [1.165, 1.54) is 5.69 Å². The van der Waals surface area contributed by atoms with Gasteiger partial charge in [0.1, 0.15) is 12.3 Å². The van der Waals surface area contributed by atoms with Crippen molar-refractivity contribution >= 4 is 51.6 Å². The Bertz CT molecular complexity index is 677. The molecular formula is C18H24BrIN4O. The van der Waals surface area contributed by atoms with E-state index in [4.69, 9.17) is 4.42 Å². The van der Waals surface area contributed by atoms with Crippen molar-refractivity contribution in [2.45, 2.75) is 25.9 Å². The molecule has 1 aromatic carbocycles. The maximum absolute atomic E-state index is 5.34. The molecule has 1 aromatic heterocycles. The highest BCUT2D eigenvalue weighted by Gasteiger charge is 2.24. The molecule has 0 radical (unpaired) electrons. The van der Waals surface area contributed by atoms with Gasteiger partial charge in [-0.05, 0) is 53.5 Å². The molecule has 7 heteroatoms. The van der Waals surface area contributed by atoms with Crippen LogP contribution in [0.5, 0.6) is 0 Å². The molecule has 25 heavy (non-hydrogen) atoms. The van der Waals surface area contributed by atoms with Gasteiger partial charge in [0, 0.05) is 30.1 Å². The van der Waals surface area contributed by atoms with Gasteiger partial charge in [-0.2, -0.15) is 0 Å². The first-order valence-corrected chi connectivity index (χ1v) is 9.12. The number of benzene rings is 1. The van der Waals surface area contributed by atoms with Crippen LogP contribution in [0.15, 0.2) is 56.5 Å². The van der Waals surface area contributed by atoms with E-state index in [0.29, 0.717) is 12.6 Å². The van der Waals surface area contributed by atoms with E-state index in [1.54, 1.807) is 6.26 Å². The lowest BCUT2D eigenvalue weighted by atomic mass is 10.3. The SMILES string of the molecule is CCNC(=NCc1ccco1)NC1CCN(c2ccccc2Br)C1.I. The fourth-order valence-corrected chi connectivity index (χ4v) is 3.41. The van der Waals surface area contributed by atoms with Crippen molar-refractivity contribution in [1.82, 2.24) is 10.6 Å². The molecule has 1 fully saturated rings. The van der Waals surface area contributed by atoms with Gasteiger partial charge in [0.25, 0.3) is 0 Å². The van der Waals surface area contributed by atoms with Crippen molar-refractivity contribution in [3.63, 3.8) is 0 Å². The molecule has 0 saturated carbocycles. The second-order valence-corrected chi connectivity index (χ2v) is 6.66. The normalized spacial score (nSPS) is 17.3. The van der Waals surface area contributed by atoms with Crippen molar-refractivity contribution in [1.29, 1.82) is 0 Å². The Morgan fingerprint density at radius 3 is 2.88 bits per heavy atom. The second-order valence-electron chi connectivity index (χ2n) is 5.80. The summed E-state index contributed by atoms with van der Waals surface area (Å²) in [6, 6.07) is 12.6. The molecule has 0 bridgehead atoms. The number of nitrogens with zero attached hydrogens (tertiary/aromatic N) is 2. The average molecular weight is 519 g/mol. The van der Waals surface area contributed by atoms with Crippen molar-refractivity contribution in [3.8, 4) is 0 Å². The van der Waals surface area contributed by atoms with Gasteiger partial charge in [-0.1, -0.05) is 12.1 Å². The predicted molar refractivity (Wildman–Crippen MR) is 117 cm³/mol. The molecule has 2 heterocycles. The molecule has 3 rings (SSSR count). The van der Waals surface area contributed by atoms with E-state index in [-0.39, 0.29) is 24.0 Å². The number of hydrogen-bond acceptors (Lipinski definition) is 3. The lowest BCUT2D eigenvalue weighted by Crippen LogP contribution is -2.44. The van der Waals surface area contributed by atoms with E-state index in [0.717, 1.165) is 42.2 Å². The molecular weight excluding hydrogens is 495 g/mol. The van der Waals surface area contributed by atoms with E-state index >= 15 is 0 Å². The van der Waals surface area contributed by atoms with Gasteiger partial charge >= 0.3 is 0 Å². The maximum atomic E-state index is 5.34. The van der Waals surface area contributed by atoms with Crippen LogP contribution >= 0.6 is 39.9 Å². The lowest BCUT2D eigenvalue weighted by molar-refractivity contribution is 0.511. The van der Waals surface area contributed by atoms with Crippen LogP contribution < -0.4 is 15.5 Å². The molecule has 1 unspecified atom stereocenters. The lowest BCUT2D eigenvalue weighted by Gasteiger charge is -2.21. The second kappa shape index (κ2) is 10.1. The van der Waals surface area contributed by atoms with Crippen LogP contribution in [0.1, 0.15) is 19.1 Å². The minimum atomic E-state index is 0. The summed E-state index contributed by atoms with van der Waals surface area (Å²) >= 11 is 3.64. The molecule has 0 spiro atoms. The maximum Gasteiger partial charge on any atom is 0.191 e. The zero-order chi connectivity index (χ0) is 16.8. The quantitative estimate of drug-likeness (QED) is 0.357. The molecule has 2 aromatic rings. The molecule has 0 amide bonds. The first kappa shape index (κ1) is 20.1. The Hall–Kier alpha value is -1.22. The molecule has 2 N–H and O–H groups in total. The number of furan rings is 1. The van der Waals surface area contributed by atoms with E-state index in [2.05, 4.69) is 61.6 Å². The summed E-state index contributed by atoms with van der Waals surface area (Å²) in [7, 11) is 0. The number of anilines is 1. The van der Waals surface area contributed by atoms with Crippen LogP contribution in [-0.4, -0.2) is 31.6 Å². The third kappa shape index (κ3) is 5.64. The third-order valence-electron chi connectivity index (χ3n) is 4.04. The summed E-state index contributed by atoms with van der Waals surface area (Å²) in [6.45, 7) is 5.46. The highest BCUT2D eigenvalue weighted by molar-refractivity contribution is 14.0.